The fourth-order valence-corrected chi connectivity index (χ4v) is 1.77. The Labute approximate surface area is 127 Å². The number of carbonyl (C=O) groups is 2. The zero-order chi connectivity index (χ0) is 17.9. The van der Waals surface area contributed by atoms with Crippen LogP contribution in [0.1, 0.15) is 22.8 Å². The van der Waals surface area contributed by atoms with Crippen molar-refractivity contribution in [1.29, 1.82) is 0 Å². The lowest BCUT2D eigenvalue weighted by molar-refractivity contribution is -0.138. The number of nitrogens with two attached hydrogens (primary N) is 1. The number of amides is 2. The minimum Gasteiger partial charge on any atom is -0.391 e. The highest BCUT2D eigenvalue weighted by Gasteiger charge is 2.37. The van der Waals surface area contributed by atoms with Gasteiger partial charge in [0.25, 0.3) is 5.91 Å². The molecule has 1 aromatic rings. The molecule has 128 valence electrons. The summed E-state index contributed by atoms with van der Waals surface area (Å²) >= 11 is 0. The zero-order valence-corrected chi connectivity index (χ0v) is 11.8. The van der Waals surface area contributed by atoms with Crippen LogP contribution in [0.3, 0.4) is 0 Å². The van der Waals surface area contributed by atoms with Crippen molar-refractivity contribution in [3.8, 4) is 0 Å². The topological polar surface area (TPSA) is 113 Å². The van der Waals surface area contributed by atoms with Crippen LogP contribution < -0.4 is 11.1 Å². The van der Waals surface area contributed by atoms with E-state index in [4.69, 9.17) is 5.73 Å². The van der Waals surface area contributed by atoms with Crippen molar-refractivity contribution in [2.75, 3.05) is 0 Å². The van der Waals surface area contributed by atoms with Gasteiger partial charge in [0.05, 0.1) is 17.2 Å². The van der Waals surface area contributed by atoms with Gasteiger partial charge in [-0.05, 0) is 25.1 Å². The molecule has 5 N–H and O–H groups in total. The molecule has 23 heavy (non-hydrogen) atoms. The fraction of sp³-hybridized carbons (Fsp3) is 0.385. The van der Waals surface area contributed by atoms with Crippen molar-refractivity contribution in [2.45, 2.75) is 31.3 Å². The third-order valence-electron chi connectivity index (χ3n) is 2.96. The van der Waals surface area contributed by atoms with Crippen molar-refractivity contribution < 1.29 is 37.4 Å². The molecule has 0 spiro atoms. The second kappa shape index (κ2) is 6.92. The first-order chi connectivity index (χ1) is 10.4. The van der Waals surface area contributed by atoms with Crippen LogP contribution in [0, 0.1) is 5.82 Å². The van der Waals surface area contributed by atoms with Gasteiger partial charge in [0, 0.05) is 0 Å². The monoisotopic (exact) mass is 338 g/mol. The maximum absolute atomic E-state index is 13.0. The molecule has 1 rings (SSSR count). The summed E-state index contributed by atoms with van der Waals surface area (Å²) in [6, 6.07) is -0.484. The van der Waals surface area contributed by atoms with Crippen molar-refractivity contribution >= 4 is 11.8 Å². The number of nitrogens with one attached hydrogen (secondary N) is 1. The number of aliphatic hydroxyl groups excluding tert-OH is 2. The summed E-state index contributed by atoms with van der Waals surface area (Å²) in [5.74, 6) is -3.87. The molecule has 3 atom stereocenters. The molecule has 0 fully saturated rings. The SMILES string of the molecule is CC(O)C(O)C(NC(=O)c1ccc(F)cc1C(F)(F)F)C(N)=O. The predicted molar refractivity (Wildman–Crippen MR) is 69.5 cm³/mol. The standard InChI is InChI=1S/C13H14F4N2O4/c1-5(20)10(21)9(11(18)22)19-12(23)7-3-2-6(14)4-8(7)13(15,16)17/h2-5,9-10,20-21H,1H3,(H2,18,22)(H,19,23). The minimum absolute atomic E-state index is 0.124. The van der Waals surface area contributed by atoms with Crippen molar-refractivity contribution in [3.63, 3.8) is 0 Å². The summed E-state index contributed by atoms with van der Waals surface area (Å²) in [6.07, 6.45) is -8.32. The maximum atomic E-state index is 13.0. The molecule has 0 saturated carbocycles. The lowest BCUT2D eigenvalue weighted by Crippen LogP contribution is -2.55. The van der Waals surface area contributed by atoms with Gasteiger partial charge in [0.1, 0.15) is 18.0 Å². The molecule has 0 bridgehead atoms. The van der Waals surface area contributed by atoms with Gasteiger partial charge < -0.3 is 21.3 Å². The van der Waals surface area contributed by atoms with Gasteiger partial charge in [0.2, 0.25) is 5.91 Å². The number of primary amides is 1. The van der Waals surface area contributed by atoms with Gasteiger partial charge in [-0.1, -0.05) is 0 Å². The van der Waals surface area contributed by atoms with Gasteiger partial charge in [-0.2, -0.15) is 13.2 Å². The number of aliphatic hydroxyl groups is 2. The second-order valence-electron chi connectivity index (χ2n) is 4.77. The molecule has 1 aromatic carbocycles. The van der Waals surface area contributed by atoms with Crippen molar-refractivity contribution in [1.82, 2.24) is 5.32 Å². The van der Waals surface area contributed by atoms with E-state index < -0.39 is 53.2 Å². The molecule has 0 aromatic heterocycles. The Morgan fingerprint density at radius 2 is 1.83 bits per heavy atom. The summed E-state index contributed by atoms with van der Waals surface area (Å²) < 4.78 is 51.5. The van der Waals surface area contributed by atoms with E-state index in [1.54, 1.807) is 5.32 Å². The number of carbonyl (C=O) groups excluding carboxylic acids is 2. The Bertz CT molecular complexity index is 604. The Kier molecular flexibility index (Phi) is 5.67. The molecule has 10 heteroatoms. The van der Waals surface area contributed by atoms with Crippen molar-refractivity contribution in [2.24, 2.45) is 5.73 Å². The summed E-state index contributed by atoms with van der Waals surface area (Å²) in [4.78, 5) is 23.1. The molecule has 0 saturated heterocycles. The van der Waals surface area contributed by atoms with Gasteiger partial charge in [0.15, 0.2) is 0 Å². The molecule has 0 heterocycles. The first kappa shape index (κ1) is 18.8. The molecular weight excluding hydrogens is 324 g/mol. The smallest absolute Gasteiger partial charge is 0.391 e. The molecule has 0 radical (unpaired) electrons. The quantitative estimate of drug-likeness (QED) is 0.573. The third kappa shape index (κ3) is 4.63. The summed E-state index contributed by atoms with van der Waals surface area (Å²) in [7, 11) is 0. The molecule has 0 aliphatic rings. The number of rotatable bonds is 5. The zero-order valence-electron chi connectivity index (χ0n) is 11.8. The van der Waals surface area contributed by atoms with Gasteiger partial charge in [-0.15, -0.1) is 0 Å². The Morgan fingerprint density at radius 3 is 2.26 bits per heavy atom. The average Bonchev–Trinajstić information content (AvgIpc) is 2.42. The number of alkyl halides is 3. The Balaban J connectivity index is 3.17. The van der Waals surface area contributed by atoms with Crippen LogP contribution in [0.5, 0.6) is 0 Å². The molecule has 0 aliphatic heterocycles. The number of benzene rings is 1. The minimum atomic E-state index is -5.01. The molecule has 2 amide bonds. The van der Waals surface area contributed by atoms with Crippen LogP contribution in [0.15, 0.2) is 18.2 Å². The summed E-state index contributed by atoms with van der Waals surface area (Å²) in [5, 5.41) is 20.6. The normalized spacial score (nSPS) is 15.6. The number of halogens is 4. The summed E-state index contributed by atoms with van der Waals surface area (Å²) in [5.41, 5.74) is 2.44. The molecule has 3 unspecified atom stereocenters. The number of hydrogen-bond acceptors (Lipinski definition) is 4. The lowest BCUT2D eigenvalue weighted by Gasteiger charge is -2.24. The molecule has 6 nitrogen and oxygen atoms in total. The summed E-state index contributed by atoms with van der Waals surface area (Å²) in [6.45, 7) is 1.09. The van der Waals surface area contributed by atoms with E-state index in [9.17, 15) is 37.4 Å². The maximum Gasteiger partial charge on any atom is 0.417 e. The molecular formula is C13H14F4N2O4. The number of hydrogen-bond donors (Lipinski definition) is 4. The van der Waals surface area contributed by atoms with Crippen LogP contribution in [-0.4, -0.2) is 40.3 Å². The average molecular weight is 338 g/mol. The third-order valence-corrected chi connectivity index (χ3v) is 2.96. The van der Waals surface area contributed by atoms with Gasteiger partial charge >= 0.3 is 6.18 Å². The van der Waals surface area contributed by atoms with Gasteiger partial charge in [-0.25, -0.2) is 4.39 Å². The Hall–Kier alpha value is -2.20. The largest absolute Gasteiger partial charge is 0.417 e. The molecule has 0 aliphatic carbocycles. The van der Waals surface area contributed by atoms with Crippen molar-refractivity contribution in [3.05, 3.63) is 35.1 Å². The van der Waals surface area contributed by atoms with E-state index in [-0.39, 0.29) is 6.07 Å². The van der Waals surface area contributed by atoms with Crippen LogP contribution >= 0.6 is 0 Å². The highest BCUT2D eigenvalue weighted by atomic mass is 19.4. The van der Waals surface area contributed by atoms with E-state index in [0.29, 0.717) is 12.1 Å². The van der Waals surface area contributed by atoms with Crippen LogP contribution in [-0.2, 0) is 11.0 Å². The highest BCUT2D eigenvalue weighted by Crippen LogP contribution is 2.32. The van der Waals surface area contributed by atoms with Crippen LogP contribution in [0.2, 0.25) is 0 Å². The van der Waals surface area contributed by atoms with E-state index in [2.05, 4.69) is 0 Å². The Morgan fingerprint density at radius 1 is 1.26 bits per heavy atom. The highest BCUT2D eigenvalue weighted by molar-refractivity contribution is 5.98. The first-order valence-corrected chi connectivity index (χ1v) is 6.28. The first-order valence-electron chi connectivity index (χ1n) is 6.28. The van der Waals surface area contributed by atoms with E-state index in [0.717, 1.165) is 6.92 Å². The van der Waals surface area contributed by atoms with E-state index in [1.165, 1.54) is 0 Å². The predicted octanol–water partition coefficient (Wildman–Crippen LogP) is 0.170. The second-order valence-corrected chi connectivity index (χ2v) is 4.77. The van der Waals surface area contributed by atoms with E-state index in [1.807, 2.05) is 0 Å². The van der Waals surface area contributed by atoms with E-state index >= 15 is 0 Å². The van der Waals surface area contributed by atoms with Crippen LogP contribution in [0.4, 0.5) is 17.6 Å². The van der Waals surface area contributed by atoms with Gasteiger partial charge in [-0.3, -0.25) is 9.59 Å². The lowest BCUT2D eigenvalue weighted by atomic mass is 10.0. The fourth-order valence-electron chi connectivity index (χ4n) is 1.77. The van der Waals surface area contributed by atoms with Crippen LogP contribution in [0.25, 0.3) is 0 Å².